The van der Waals surface area contributed by atoms with Crippen LogP contribution in [0.15, 0.2) is 29.9 Å². The molecule has 288 valence electrons. The molecule has 0 amide bonds. The summed E-state index contributed by atoms with van der Waals surface area (Å²) in [4.78, 5) is 47.2. The number of fused-ring (bicyclic) bond motifs is 7. The Balaban J connectivity index is 1.27. The lowest BCUT2D eigenvalue weighted by atomic mass is 9.33. The summed E-state index contributed by atoms with van der Waals surface area (Å²) in [5.41, 5.74) is 1.35. The number of carbonyl (C=O) groups excluding carboxylic acids is 2. The molecule has 1 aromatic rings. The van der Waals surface area contributed by atoms with E-state index in [0.717, 1.165) is 62.5 Å². The van der Waals surface area contributed by atoms with Crippen LogP contribution in [-0.2, 0) is 19.1 Å². The van der Waals surface area contributed by atoms with E-state index >= 15 is 0 Å². The minimum absolute atomic E-state index is 0.0226. The Hall–Kier alpha value is -2.65. The molecule has 4 fully saturated rings. The summed E-state index contributed by atoms with van der Waals surface area (Å²) in [5, 5.41) is 25.4. The number of ketones is 1. The van der Waals surface area contributed by atoms with Gasteiger partial charge < -0.3 is 20.3 Å². The average Bonchev–Trinajstić information content (AvgIpc) is 3.38. The van der Waals surface area contributed by atoms with Crippen LogP contribution in [0.5, 0.6) is 0 Å². The quantitative estimate of drug-likeness (QED) is 0.206. The Kier molecular flexibility index (Phi) is 9.97. The number of aromatic nitrogens is 2. The fourth-order valence-electron chi connectivity index (χ4n) is 13.0. The van der Waals surface area contributed by atoms with Gasteiger partial charge in [-0.1, -0.05) is 54.0 Å². The van der Waals surface area contributed by atoms with Gasteiger partial charge in [0, 0.05) is 47.8 Å². The lowest BCUT2D eigenvalue weighted by Gasteiger charge is -2.72. The van der Waals surface area contributed by atoms with Gasteiger partial charge in [-0.05, 0) is 118 Å². The second-order valence-electron chi connectivity index (χ2n) is 19.9. The van der Waals surface area contributed by atoms with Crippen LogP contribution in [0.3, 0.4) is 0 Å². The number of nitrogens with one attached hydrogen (secondary N) is 1. The molecule has 0 radical (unpaired) electrons. The van der Waals surface area contributed by atoms with Crippen LogP contribution in [-0.4, -0.2) is 56.7 Å². The molecule has 0 aliphatic heterocycles. The van der Waals surface area contributed by atoms with Gasteiger partial charge in [-0.2, -0.15) is 0 Å². The molecule has 6 rings (SSSR count). The van der Waals surface area contributed by atoms with Crippen molar-refractivity contribution >= 4 is 17.7 Å². The van der Waals surface area contributed by atoms with Gasteiger partial charge in [0.15, 0.2) is 5.78 Å². The highest BCUT2D eigenvalue weighted by Crippen LogP contribution is 2.77. The van der Waals surface area contributed by atoms with Crippen molar-refractivity contribution in [3.63, 3.8) is 0 Å². The van der Waals surface area contributed by atoms with Gasteiger partial charge in [-0.15, -0.1) is 0 Å². The smallest absolute Gasteiger partial charge is 0.309 e. The summed E-state index contributed by atoms with van der Waals surface area (Å²) in [6, 6.07) is -0.0278. The Morgan fingerprint density at radius 2 is 1.62 bits per heavy atom. The van der Waals surface area contributed by atoms with E-state index in [9.17, 15) is 24.6 Å². The number of carboxylic acid groups (broad SMARTS) is 1. The zero-order valence-electron chi connectivity index (χ0n) is 33.5. The van der Waals surface area contributed by atoms with Crippen molar-refractivity contribution in [2.45, 2.75) is 152 Å². The first-order valence-corrected chi connectivity index (χ1v) is 20.0. The molecule has 5 aliphatic carbocycles. The first kappa shape index (κ1) is 39.1. The third kappa shape index (κ3) is 5.90. The second kappa shape index (κ2) is 13.3. The molecule has 3 N–H and O–H groups in total. The average molecular weight is 720 g/mol. The maximum Gasteiger partial charge on any atom is 0.309 e. The van der Waals surface area contributed by atoms with Crippen LogP contribution in [0.4, 0.5) is 0 Å². The highest BCUT2D eigenvalue weighted by atomic mass is 16.5. The molecule has 10 atom stereocenters. The highest BCUT2D eigenvalue weighted by molar-refractivity contribution is 6.00. The summed E-state index contributed by atoms with van der Waals surface area (Å²) in [7, 11) is 0. The summed E-state index contributed by atoms with van der Waals surface area (Å²) in [5.74, 6) is -0.00154. The van der Waals surface area contributed by atoms with Gasteiger partial charge >= 0.3 is 11.9 Å². The maximum atomic E-state index is 14.0. The summed E-state index contributed by atoms with van der Waals surface area (Å²) < 4.78 is 6.16. The monoisotopic (exact) mass is 719 g/mol. The van der Waals surface area contributed by atoms with E-state index in [-0.39, 0.29) is 57.8 Å². The molecule has 0 spiro atoms. The number of carbonyl (C=O) groups is 3. The number of rotatable bonds is 10. The van der Waals surface area contributed by atoms with Crippen molar-refractivity contribution in [1.29, 1.82) is 0 Å². The predicted molar refractivity (Wildman–Crippen MR) is 200 cm³/mol. The Labute approximate surface area is 311 Å². The van der Waals surface area contributed by atoms with E-state index in [0.29, 0.717) is 24.8 Å². The van der Waals surface area contributed by atoms with Crippen LogP contribution in [0.1, 0.15) is 145 Å². The fourth-order valence-corrected chi connectivity index (χ4v) is 13.0. The summed E-state index contributed by atoms with van der Waals surface area (Å²) >= 11 is 0. The summed E-state index contributed by atoms with van der Waals surface area (Å²) in [6.07, 6.45) is 12.2. The topological polar surface area (TPSA) is 139 Å². The van der Waals surface area contributed by atoms with Gasteiger partial charge in [0.25, 0.3) is 0 Å². The van der Waals surface area contributed by atoms with Crippen LogP contribution < -0.4 is 5.32 Å². The van der Waals surface area contributed by atoms with Gasteiger partial charge in [0.2, 0.25) is 0 Å². The first-order chi connectivity index (χ1) is 24.2. The summed E-state index contributed by atoms with van der Waals surface area (Å²) in [6.45, 7) is 22.1. The van der Waals surface area contributed by atoms with Crippen LogP contribution in [0.2, 0.25) is 0 Å². The van der Waals surface area contributed by atoms with E-state index in [1.54, 1.807) is 26.2 Å². The van der Waals surface area contributed by atoms with E-state index in [1.165, 1.54) is 11.9 Å². The van der Waals surface area contributed by atoms with Gasteiger partial charge in [0.05, 0.1) is 17.9 Å². The van der Waals surface area contributed by atoms with Crippen LogP contribution >= 0.6 is 0 Å². The molecule has 1 heterocycles. The lowest BCUT2D eigenvalue weighted by Crippen LogP contribution is -2.66. The number of hydrogen-bond acceptors (Lipinski definition) is 8. The molecule has 1 aromatic heterocycles. The van der Waals surface area contributed by atoms with Crippen molar-refractivity contribution in [2.75, 3.05) is 6.54 Å². The Bertz CT molecular complexity index is 1600. The van der Waals surface area contributed by atoms with Crippen molar-refractivity contribution in [3.8, 4) is 0 Å². The van der Waals surface area contributed by atoms with Crippen molar-refractivity contribution < 1.29 is 29.3 Å². The number of esters is 1. The molecule has 9 heteroatoms. The van der Waals surface area contributed by atoms with Crippen molar-refractivity contribution in [2.24, 2.45) is 56.2 Å². The number of carboxylic acids is 1. The second-order valence-corrected chi connectivity index (χ2v) is 19.9. The SMILES string of the molecule is CC(C)C1=C2[C@H]3CC[C@@H]4[C@@]5(C)CC[C@H](OC(=O)CC(C)(C)C(=O)O)C(C)(C)[C@@H]5CC[C@@]4(C)[C@]3(C)CCC2(C(O)CN[C@H](C)c2cncnc2)CC1=O. The van der Waals surface area contributed by atoms with Gasteiger partial charge in [0.1, 0.15) is 12.4 Å². The van der Waals surface area contributed by atoms with E-state index in [1.807, 2.05) is 0 Å². The minimum Gasteiger partial charge on any atom is -0.481 e. The van der Waals surface area contributed by atoms with Gasteiger partial charge in [-0.3, -0.25) is 14.4 Å². The zero-order valence-corrected chi connectivity index (χ0v) is 33.5. The van der Waals surface area contributed by atoms with Crippen LogP contribution in [0.25, 0.3) is 0 Å². The molecule has 52 heavy (non-hydrogen) atoms. The third-order valence-electron chi connectivity index (χ3n) is 16.2. The molecule has 0 saturated heterocycles. The van der Waals surface area contributed by atoms with E-state index in [2.05, 4.69) is 70.7 Å². The largest absolute Gasteiger partial charge is 0.481 e. The zero-order chi connectivity index (χ0) is 38.2. The minimum atomic E-state index is -1.17. The molecular formula is C43H65N3O6. The molecule has 0 aromatic carbocycles. The number of aliphatic hydroxyl groups excluding tert-OH is 1. The molecule has 9 nitrogen and oxygen atoms in total. The molecule has 2 unspecified atom stereocenters. The number of ether oxygens (including phenoxy) is 1. The predicted octanol–water partition coefficient (Wildman–Crippen LogP) is 7.88. The Morgan fingerprint density at radius 3 is 2.25 bits per heavy atom. The van der Waals surface area contributed by atoms with Crippen LogP contribution in [0, 0.1) is 56.2 Å². The van der Waals surface area contributed by atoms with E-state index < -0.39 is 28.9 Å². The molecule has 5 aliphatic rings. The normalized spacial score (nSPS) is 38.1. The highest BCUT2D eigenvalue weighted by Gasteiger charge is 2.70. The number of allylic oxidation sites excluding steroid dienone is 1. The first-order valence-electron chi connectivity index (χ1n) is 20.0. The number of nitrogens with zero attached hydrogens (tertiary/aromatic N) is 2. The molecule has 0 bridgehead atoms. The molecule has 4 saturated carbocycles. The fraction of sp³-hybridized carbons (Fsp3) is 0.791. The third-order valence-corrected chi connectivity index (χ3v) is 16.2. The number of aliphatic hydroxyl groups is 1. The van der Waals surface area contributed by atoms with Gasteiger partial charge in [-0.25, -0.2) is 9.97 Å². The lowest BCUT2D eigenvalue weighted by molar-refractivity contribution is -0.235. The van der Waals surface area contributed by atoms with Crippen molar-refractivity contribution in [3.05, 3.63) is 35.4 Å². The van der Waals surface area contributed by atoms with E-state index in [4.69, 9.17) is 4.74 Å². The maximum absolute atomic E-state index is 14.0. The Morgan fingerprint density at radius 1 is 0.942 bits per heavy atom. The molecular weight excluding hydrogens is 654 g/mol. The number of Topliss-reactive ketones (excluding diaryl/α,β-unsaturated/α-hetero) is 1. The van der Waals surface area contributed by atoms with Crippen molar-refractivity contribution in [1.82, 2.24) is 15.3 Å². The number of aliphatic carboxylic acids is 1. The standard InChI is InChI=1S/C43H65N3O6/c1-25(2)35-29(47)19-43(32(48)23-46-26(3)27-21-44-24-45-22-27)18-17-41(9)28(36(35)43)11-12-31-40(8)15-14-33(52-34(49)20-38(4,5)37(50)51)39(6,7)30(40)13-16-42(31,41)10/h21-22,24-26,28,30-33,46,48H,11-20,23H2,1-10H3,(H,50,51)/t26-,28-,30+,31-,32?,33+,40+,41-,42-,43?/m1/s1. The number of hydrogen-bond donors (Lipinski definition) is 3.